The molecule has 0 radical (unpaired) electrons. The average Bonchev–Trinajstić information content (AvgIpc) is 2.85. The fourth-order valence-electron chi connectivity index (χ4n) is 1.85. The van der Waals surface area contributed by atoms with E-state index in [2.05, 4.69) is 4.98 Å². The Morgan fingerprint density at radius 2 is 2.00 bits per heavy atom. The summed E-state index contributed by atoms with van der Waals surface area (Å²) in [6.45, 7) is 1.40. The lowest BCUT2D eigenvalue weighted by atomic mass is 10.1. The van der Waals surface area contributed by atoms with Crippen molar-refractivity contribution in [1.29, 1.82) is 0 Å². The van der Waals surface area contributed by atoms with E-state index in [1.54, 1.807) is 18.5 Å². The predicted octanol–water partition coefficient (Wildman–Crippen LogP) is 1.54. The third-order valence-corrected chi connectivity index (χ3v) is 2.89. The minimum absolute atomic E-state index is 0.122. The van der Waals surface area contributed by atoms with Crippen molar-refractivity contribution in [1.82, 2.24) is 9.55 Å². The van der Waals surface area contributed by atoms with Crippen LogP contribution in [0, 0.1) is 10.1 Å². The summed E-state index contributed by atoms with van der Waals surface area (Å²) in [5.74, 6) is 0. The molecule has 0 bridgehead atoms. The molecular formula is C13H16N4O2. The molecule has 6 nitrogen and oxygen atoms in total. The van der Waals surface area contributed by atoms with Crippen molar-refractivity contribution in [3.8, 4) is 0 Å². The Balaban J connectivity index is 1.92. The van der Waals surface area contributed by atoms with Crippen molar-refractivity contribution in [3.63, 3.8) is 0 Å². The Labute approximate surface area is 111 Å². The molecule has 2 N–H and O–H groups in total. The van der Waals surface area contributed by atoms with Gasteiger partial charge in [-0.25, -0.2) is 4.98 Å². The zero-order valence-electron chi connectivity index (χ0n) is 10.5. The summed E-state index contributed by atoms with van der Waals surface area (Å²) in [7, 11) is 0. The SMILES string of the molecule is NCCc1cn(CCc2ccc([N+](=O)[O-])cc2)cn1. The van der Waals surface area contributed by atoms with Gasteiger partial charge in [0.2, 0.25) is 0 Å². The van der Waals surface area contributed by atoms with Crippen molar-refractivity contribution in [2.24, 2.45) is 5.73 Å². The van der Waals surface area contributed by atoms with E-state index in [0.29, 0.717) is 6.54 Å². The minimum atomic E-state index is -0.390. The number of imidazole rings is 1. The van der Waals surface area contributed by atoms with E-state index in [0.717, 1.165) is 30.6 Å². The molecule has 0 amide bonds. The summed E-state index contributed by atoms with van der Waals surface area (Å²) in [6, 6.07) is 6.64. The molecule has 0 saturated carbocycles. The third-order valence-electron chi connectivity index (χ3n) is 2.89. The van der Waals surface area contributed by atoms with Crippen LogP contribution in [-0.4, -0.2) is 21.0 Å². The van der Waals surface area contributed by atoms with E-state index in [-0.39, 0.29) is 5.69 Å². The second kappa shape index (κ2) is 6.10. The summed E-state index contributed by atoms with van der Waals surface area (Å²) >= 11 is 0. The van der Waals surface area contributed by atoms with Crippen LogP contribution in [0.1, 0.15) is 11.3 Å². The van der Waals surface area contributed by atoms with Gasteiger partial charge in [-0.2, -0.15) is 0 Å². The van der Waals surface area contributed by atoms with Crippen LogP contribution in [0.3, 0.4) is 0 Å². The smallest absolute Gasteiger partial charge is 0.269 e. The van der Waals surface area contributed by atoms with E-state index < -0.39 is 4.92 Å². The van der Waals surface area contributed by atoms with Gasteiger partial charge in [-0.15, -0.1) is 0 Å². The van der Waals surface area contributed by atoms with Crippen molar-refractivity contribution < 1.29 is 4.92 Å². The maximum Gasteiger partial charge on any atom is 0.269 e. The number of non-ortho nitro benzene ring substituents is 1. The van der Waals surface area contributed by atoms with Crippen molar-refractivity contribution in [2.45, 2.75) is 19.4 Å². The molecule has 0 unspecified atom stereocenters. The van der Waals surface area contributed by atoms with Gasteiger partial charge in [0, 0.05) is 31.3 Å². The maximum atomic E-state index is 10.5. The minimum Gasteiger partial charge on any atom is -0.337 e. The number of nitro benzene ring substituents is 1. The molecule has 0 aliphatic heterocycles. The predicted molar refractivity (Wildman–Crippen MR) is 71.8 cm³/mol. The largest absolute Gasteiger partial charge is 0.337 e. The standard InChI is InChI=1S/C13H16N4O2/c14-7-5-12-9-16(10-15-12)8-6-11-1-3-13(4-2-11)17(18)19/h1-4,9-10H,5-8,14H2. The van der Waals surface area contributed by atoms with E-state index in [4.69, 9.17) is 5.73 Å². The number of rotatable bonds is 6. The highest BCUT2D eigenvalue weighted by Gasteiger charge is 2.04. The van der Waals surface area contributed by atoms with Crippen LogP contribution in [0.5, 0.6) is 0 Å². The number of aromatic nitrogens is 2. The van der Waals surface area contributed by atoms with Gasteiger partial charge < -0.3 is 10.3 Å². The lowest BCUT2D eigenvalue weighted by molar-refractivity contribution is -0.384. The van der Waals surface area contributed by atoms with E-state index in [1.165, 1.54) is 12.1 Å². The van der Waals surface area contributed by atoms with E-state index in [1.807, 2.05) is 10.8 Å². The Morgan fingerprint density at radius 3 is 2.63 bits per heavy atom. The summed E-state index contributed by atoms with van der Waals surface area (Å²) in [5, 5.41) is 10.5. The van der Waals surface area contributed by atoms with Crippen molar-refractivity contribution >= 4 is 5.69 Å². The van der Waals surface area contributed by atoms with E-state index >= 15 is 0 Å². The maximum absolute atomic E-state index is 10.5. The molecule has 0 aliphatic carbocycles. The molecule has 1 aromatic carbocycles. The molecule has 1 aromatic heterocycles. The monoisotopic (exact) mass is 260 g/mol. The number of aryl methyl sites for hydroxylation is 2. The molecule has 0 atom stereocenters. The second-order valence-electron chi connectivity index (χ2n) is 4.32. The highest BCUT2D eigenvalue weighted by molar-refractivity contribution is 5.32. The molecule has 6 heteroatoms. The molecular weight excluding hydrogens is 244 g/mol. The Hall–Kier alpha value is -2.21. The van der Waals surface area contributed by atoms with Gasteiger partial charge >= 0.3 is 0 Å². The molecule has 2 aromatic rings. The molecule has 100 valence electrons. The summed E-state index contributed by atoms with van der Waals surface area (Å²) in [6.07, 6.45) is 5.37. The summed E-state index contributed by atoms with van der Waals surface area (Å²) < 4.78 is 2.01. The highest BCUT2D eigenvalue weighted by Crippen LogP contribution is 2.12. The Morgan fingerprint density at radius 1 is 1.26 bits per heavy atom. The van der Waals surface area contributed by atoms with Crippen molar-refractivity contribution in [2.75, 3.05) is 6.54 Å². The molecule has 0 fully saturated rings. The lowest BCUT2D eigenvalue weighted by Gasteiger charge is -2.02. The van der Waals surface area contributed by atoms with Crippen LogP contribution >= 0.6 is 0 Å². The first kappa shape index (κ1) is 13.2. The lowest BCUT2D eigenvalue weighted by Crippen LogP contribution is -2.03. The van der Waals surface area contributed by atoms with E-state index in [9.17, 15) is 10.1 Å². The number of benzene rings is 1. The third kappa shape index (κ3) is 3.62. The number of hydrogen-bond acceptors (Lipinski definition) is 4. The number of nitrogens with zero attached hydrogens (tertiary/aromatic N) is 3. The first-order chi connectivity index (χ1) is 9.19. The van der Waals surface area contributed by atoms with Gasteiger partial charge in [0.1, 0.15) is 0 Å². The zero-order chi connectivity index (χ0) is 13.7. The van der Waals surface area contributed by atoms with Crippen LogP contribution in [0.15, 0.2) is 36.8 Å². The van der Waals surface area contributed by atoms with Crippen LogP contribution < -0.4 is 5.73 Å². The second-order valence-corrected chi connectivity index (χ2v) is 4.32. The van der Waals surface area contributed by atoms with Gasteiger partial charge in [-0.1, -0.05) is 12.1 Å². The van der Waals surface area contributed by atoms with Crippen LogP contribution in [-0.2, 0) is 19.4 Å². The van der Waals surface area contributed by atoms with Gasteiger partial charge in [0.25, 0.3) is 5.69 Å². The fourth-order valence-corrected chi connectivity index (χ4v) is 1.85. The summed E-state index contributed by atoms with van der Waals surface area (Å²) in [5.41, 5.74) is 7.65. The molecule has 19 heavy (non-hydrogen) atoms. The van der Waals surface area contributed by atoms with Crippen LogP contribution in [0.2, 0.25) is 0 Å². The van der Waals surface area contributed by atoms with Gasteiger partial charge in [0.05, 0.1) is 16.9 Å². The molecule has 1 heterocycles. The molecule has 0 aliphatic rings. The molecule has 0 saturated heterocycles. The summed E-state index contributed by atoms with van der Waals surface area (Å²) in [4.78, 5) is 14.4. The topological polar surface area (TPSA) is 87.0 Å². The zero-order valence-corrected chi connectivity index (χ0v) is 10.5. The van der Waals surface area contributed by atoms with Crippen LogP contribution in [0.25, 0.3) is 0 Å². The van der Waals surface area contributed by atoms with Crippen molar-refractivity contribution in [3.05, 3.63) is 58.2 Å². The number of nitro groups is 1. The molecule has 2 rings (SSSR count). The fraction of sp³-hybridized carbons (Fsp3) is 0.308. The number of hydrogen-bond donors (Lipinski definition) is 1. The van der Waals surface area contributed by atoms with Gasteiger partial charge in [-0.3, -0.25) is 10.1 Å². The molecule has 0 spiro atoms. The average molecular weight is 260 g/mol. The van der Waals surface area contributed by atoms with Crippen LogP contribution in [0.4, 0.5) is 5.69 Å². The normalized spacial score (nSPS) is 10.6. The first-order valence-electron chi connectivity index (χ1n) is 6.13. The van der Waals surface area contributed by atoms with Gasteiger partial charge in [-0.05, 0) is 18.5 Å². The Bertz CT molecular complexity index is 548. The Kier molecular flexibility index (Phi) is 4.25. The number of nitrogens with two attached hydrogens (primary N) is 1. The highest BCUT2D eigenvalue weighted by atomic mass is 16.6. The van der Waals surface area contributed by atoms with Gasteiger partial charge in [0.15, 0.2) is 0 Å². The quantitative estimate of drug-likeness (QED) is 0.630. The first-order valence-corrected chi connectivity index (χ1v) is 6.13.